The van der Waals surface area contributed by atoms with Crippen LogP contribution in [-0.2, 0) is 19.1 Å². The van der Waals surface area contributed by atoms with Crippen molar-refractivity contribution in [1.29, 1.82) is 0 Å². The summed E-state index contributed by atoms with van der Waals surface area (Å²) < 4.78 is 15.7. The van der Waals surface area contributed by atoms with Crippen molar-refractivity contribution in [1.82, 2.24) is 0 Å². The van der Waals surface area contributed by atoms with Crippen LogP contribution in [0.4, 0.5) is 0 Å². The normalized spacial score (nSPS) is 16.6. The number of hydrogen-bond donors (Lipinski definition) is 0. The van der Waals surface area contributed by atoms with Crippen LogP contribution in [0, 0.1) is 0 Å². The number of furan rings is 1. The number of hydrogen-bond acceptors (Lipinski definition) is 5. The summed E-state index contributed by atoms with van der Waals surface area (Å²) in [5.74, 6) is -1.98. The highest BCUT2D eigenvalue weighted by Gasteiger charge is 2.39. The monoisotopic (exact) mass is 366 g/mol. The molecule has 1 aromatic heterocycles. The van der Waals surface area contributed by atoms with E-state index in [1.54, 1.807) is 30.3 Å². The van der Waals surface area contributed by atoms with E-state index in [-0.39, 0.29) is 5.57 Å². The molecular weight excluding hydrogens is 355 g/mol. The third kappa shape index (κ3) is 3.32. The smallest absolute Gasteiger partial charge is 0.348 e. The predicted octanol–water partition coefficient (Wildman–Crippen LogP) is 4.47. The average molecular weight is 367 g/mol. The Balaban J connectivity index is 1.89. The molecule has 0 amide bonds. The molecule has 24 heavy (non-hydrogen) atoms. The van der Waals surface area contributed by atoms with E-state index in [1.807, 2.05) is 0 Å². The molecule has 1 aliphatic heterocycles. The molecule has 5 nitrogen and oxygen atoms in total. The highest BCUT2D eigenvalue weighted by Crippen LogP contribution is 2.31. The second-order valence-corrected chi connectivity index (χ2v) is 6.38. The van der Waals surface area contributed by atoms with Crippen molar-refractivity contribution in [3.8, 4) is 11.3 Å². The number of halogens is 2. The van der Waals surface area contributed by atoms with Crippen molar-refractivity contribution < 1.29 is 23.5 Å². The first kappa shape index (κ1) is 16.6. The second kappa shape index (κ2) is 6.00. The van der Waals surface area contributed by atoms with Gasteiger partial charge in [-0.1, -0.05) is 23.2 Å². The minimum atomic E-state index is -1.28. The van der Waals surface area contributed by atoms with Crippen LogP contribution in [0.5, 0.6) is 0 Å². The van der Waals surface area contributed by atoms with Crippen molar-refractivity contribution in [2.24, 2.45) is 0 Å². The van der Waals surface area contributed by atoms with Crippen LogP contribution in [0.2, 0.25) is 10.0 Å². The van der Waals surface area contributed by atoms with E-state index in [2.05, 4.69) is 0 Å². The molecular formula is C17H12Cl2O5. The summed E-state index contributed by atoms with van der Waals surface area (Å²) in [5, 5.41) is 0.830. The molecule has 1 aliphatic rings. The highest BCUT2D eigenvalue weighted by molar-refractivity contribution is 6.42. The fourth-order valence-corrected chi connectivity index (χ4v) is 2.45. The van der Waals surface area contributed by atoms with Crippen LogP contribution in [0.1, 0.15) is 19.6 Å². The summed E-state index contributed by atoms with van der Waals surface area (Å²) in [5.41, 5.74) is 0.480. The SMILES string of the molecule is CC1(C)OC(=O)C(=Cc2ccc(-c3ccc(Cl)c(Cl)c3)o2)C(=O)O1. The molecule has 0 saturated carbocycles. The van der Waals surface area contributed by atoms with Gasteiger partial charge in [-0.25, -0.2) is 9.59 Å². The van der Waals surface area contributed by atoms with E-state index in [1.165, 1.54) is 19.9 Å². The lowest BCUT2D eigenvalue weighted by molar-refractivity contribution is -0.222. The van der Waals surface area contributed by atoms with Crippen LogP contribution < -0.4 is 0 Å². The molecule has 1 fully saturated rings. The molecule has 0 aliphatic carbocycles. The summed E-state index contributed by atoms with van der Waals surface area (Å²) in [6, 6.07) is 8.36. The number of ether oxygens (including phenoxy) is 2. The Morgan fingerprint density at radius 1 is 0.958 bits per heavy atom. The number of esters is 2. The number of benzene rings is 1. The lowest BCUT2D eigenvalue weighted by Crippen LogP contribution is -2.41. The lowest BCUT2D eigenvalue weighted by Gasteiger charge is -2.29. The number of cyclic esters (lactones) is 2. The molecule has 124 valence electrons. The van der Waals surface area contributed by atoms with Gasteiger partial charge < -0.3 is 13.9 Å². The van der Waals surface area contributed by atoms with Crippen molar-refractivity contribution in [3.63, 3.8) is 0 Å². The standard InChI is InChI=1S/C17H12Cl2O5/c1-17(2)23-15(20)11(16(21)24-17)8-10-4-6-14(22-10)9-3-5-12(18)13(19)7-9/h3-8H,1-2H3. The summed E-state index contributed by atoms with van der Waals surface area (Å²) in [7, 11) is 0. The molecule has 0 atom stereocenters. The van der Waals surface area contributed by atoms with E-state index >= 15 is 0 Å². The van der Waals surface area contributed by atoms with Gasteiger partial charge >= 0.3 is 11.9 Å². The van der Waals surface area contributed by atoms with Gasteiger partial charge in [-0.2, -0.15) is 0 Å². The van der Waals surface area contributed by atoms with Gasteiger partial charge in [0.15, 0.2) is 0 Å². The van der Waals surface area contributed by atoms with Gasteiger partial charge in [-0.3, -0.25) is 0 Å². The molecule has 0 unspecified atom stereocenters. The van der Waals surface area contributed by atoms with Crippen LogP contribution in [0.25, 0.3) is 17.4 Å². The molecule has 2 heterocycles. The topological polar surface area (TPSA) is 65.7 Å². The minimum Gasteiger partial charge on any atom is -0.457 e. The minimum absolute atomic E-state index is 0.232. The maximum absolute atomic E-state index is 11.9. The Labute approximate surface area is 147 Å². The number of carbonyl (C=O) groups is 2. The maximum atomic E-state index is 11.9. The fourth-order valence-electron chi connectivity index (χ4n) is 2.16. The molecule has 0 bridgehead atoms. The molecule has 0 radical (unpaired) electrons. The molecule has 7 heteroatoms. The first-order valence-electron chi connectivity index (χ1n) is 6.99. The van der Waals surface area contributed by atoms with E-state index in [4.69, 9.17) is 37.1 Å². The van der Waals surface area contributed by atoms with E-state index in [9.17, 15) is 9.59 Å². The first-order valence-corrected chi connectivity index (χ1v) is 7.74. The summed E-state index contributed by atoms with van der Waals surface area (Å²) in [6.07, 6.45) is 1.28. The first-order chi connectivity index (χ1) is 11.2. The van der Waals surface area contributed by atoms with Gasteiger partial charge in [0, 0.05) is 25.5 Å². The Hall–Kier alpha value is -2.24. The Kier molecular flexibility index (Phi) is 4.15. The molecule has 1 aromatic carbocycles. The number of rotatable bonds is 2. The van der Waals surface area contributed by atoms with Crippen LogP contribution in [0.15, 0.2) is 40.3 Å². The van der Waals surface area contributed by atoms with Gasteiger partial charge in [0.1, 0.15) is 17.1 Å². The molecule has 0 spiro atoms. The third-order valence-corrected chi connectivity index (χ3v) is 3.97. The van der Waals surface area contributed by atoms with Gasteiger partial charge in [-0.15, -0.1) is 0 Å². The molecule has 3 rings (SSSR count). The number of carbonyl (C=O) groups excluding carboxylic acids is 2. The van der Waals surface area contributed by atoms with E-state index < -0.39 is 17.7 Å². The largest absolute Gasteiger partial charge is 0.457 e. The van der Waals surface area contributed by atoms with Crippen molar-refractivity contribution in [2.45, 2.75) is 19.6 Å². The summed E-state index contributed by atoms with van der Waals surface area (Å²) in [4.78, 5) is 23.8. The summed E-state index contributed by atoms with van der Waals surface area (Å²) in [6.45, 7) is 2.96. The summed E-state index contributed by atoms with van der Waals surface area (Å²) >= 11 is 11.9. The highest BCUT2D eigenvalue weighted by atomic mass is 35.5. The van der Waals surface area contributed by atoms with Gasteiger partial charge in [0.2, 0.25) is 0 Å². The van der Waals surface area contributed by atoms with Gasteiger partial charge in [0.05, 0.1) is 10.0 Å². The Bertz CT molecular complexity index is 842. The lowest BCUT2D eigenvalue weighted by atomic mass is 10.2. The van der Waals surface area contributed by atoms with Crippen molar-refractivity contribution in [2.75, 3.05) is 0 Å². The van der Waals surface area contributed by atoms with Gasteiger partial charge in [-0.05, 0) is 30.3 Å². The molecule has 1 saturated heterocycles. The van der Waals surface area contributed by atoms with E-state index in [0.29, 0.717) is 27.1 Å². The molecule has 2 aromatic rings. The van der Waals surface area contributed by atoms with E-state index in [0.717, 1.165) is 0 Å². The zero-order valence-corrected chi connectivity index (χ0v) is 14.3. The maximum Gasteiger partial charge on any atom is 0.348 e. The van der Waals surface area contributed by atoms with Crippen LogP contribution in [-0.4, -0.2) is 17.7 Å². The third-order valence-electron chi connectivity index (χ3n) is 3.23. The Morgan fingerprint density at radius 3 is 2.25 bits per heavy atom. The zero-order chi connectivity index (χ0) is 17.5. The Morgan fingerprint density at radius 2 is 1.62 bits per heavy atom. The predicted molar refractivity (Wildman–Crippen MR) is 88.4 cm³/mol. The van der Waals surface area contributed by atoms with Crippen LogP contribution in [0.3, 0.4) is 0 Å². The van der Waals surface area contributed by atoms with Gasteiger partial charge in [0.25, 0.3) is 5.79 Å². The average Bonchev–Trinajstić information content (AvgIpc) is 2.93. The van der Waals surface area contributed by atoms with Crippen molar-refractivity contribution in [3.05, 3.63) is 51.7 Å². The van der Waals surface area contributed by atoms with Crippen molar-refractivity contribution >= 4 is 41.2 Å². The fraction of sp³-hybridized carbons (Fsp3) is 0.176. The second-order valence-electron chi connectivity index (χ2n) is 5.57. The molecule has 0 N–H and O–H groups in total. The quantitative estimate of drug-likeness (QED) is 0.445. The van der Waals surface area contributed by atoms with Crippen LogP contribution >= 0.6 is 23.2 Å². The zero-order valence-electron chi connectivity index (χ0n) is 12.8.